The molecule has 116 valence electrons. The Morgan fingerprint density at radius 1 is 1.48 bits per heavy atom. The SMILES string of the molecule is CNC(=O)C1CCCCN1Cc1cnn(CCC(=O)O)c1. The maximum atomic E-state index is 11.9. The summed E-state index contributed by atoms with van der Waals surface area (Å²) in [7, 11) is 1.67. The molecule has 7 heteroatoms. The first-order chi connectivity index (χ1) is 10.1. The van der Waals surface area contributed by atoms with Crippen molar-refractivity contribution in [1.82, 2.24) is 20.0 Å². The molecule has 1 aliphatic rings. The van der Waals surface area contributed by atoms with Crippen LogP contribution in [0.15, 0.2) is 12.4 Å². The summed E-state index contributed by atoms with van der Waals surface area (Å²) in [4.78, 5) is 24.6. The summed E-state index contributed by atoms with van der Waals surface area (Å²) < 4.78 is 1.64. The average molecular weight is 294 g/mol. The molecule has 1 fully saturated rings. The number of aromatic nitrogens is 2. The lowest BCUT2D eigenvalue weighted by molar-refractivity contribution is -0.137. The minimum Gasteiger partial charge on any atom is -0.481 e. The number of nitrogens with one attached hydrogen (secondary N) is 1. The number of nitrogens with zero attached hydrogens (tertiary/aromatic N) is 3. The van der Waals surface area contributed by atoms with Crippen molar-refractivity contribution in [3.63, 3.8) is 0 Å². The molecule has 1 atom stereocenters. The number of likely N-dealkylation sites (N-methyl/N-ethyl adjacent to an activating group) is 1. The quantitative estimate of drug-likeness (QED) is 0.796. The first kappa shape index (κ1) is 15.5. The van der Waals surface area contributed by atoms with Crippen LogP contribution in [0, 0.1) is 0 Å². The van der Waals surface area contributed by atoms with Crippen LogP contribution in [-0.2, 0) is 22.7 Å². The molecule has 0 saturated carbocycles. The van der Waals surface area contributed by atoms with E-state index < -0.39 is 5.97 Å². The molecule has 0 bridgehead atoms. The van der Waals surface area contributed by atoms with Gasteiger partial charge in [-0.3, -0.25) is 19.2 Å². The van der Waals surface area contributed by atoms with E-state index in [4.69, 9.17) is 5.11 Å². The Morgan fingerprint density at radius 2 is 2.29 bits per heavy atom. The number of carbonyl (C=O) groups is 2. The third-order valence-corrected chi connectivity index (χ3v) is 3.79. The van der Waals surface area contributed by atoms with E-state index in [9.17, 15) is 9.59 Å². The molecule has 0 spiro atoms. The highest BCUT2D eigenvalue weighted by Crippen LogP contribution is 2.19. The Bertz CT molecular complexity index is 500. The fraction of sp³-hybridized carbons (Fsp3) is 0.643. The molecule has 1 amide bonds. The zero-order chi connectivity index (χ0) is 15.2. The van der Waals surface area contributed by atoms with Crippen molar-refractivity contribution in [2.45, 2.75) is 44.8 Å². The predicted molar refractivity (Wildman–Crippen MR) is 76.6 cm³/mol. The fourth-order valence-electron chi connectivity index (χ4n) is 2.70. The van der Waals surface area contributed by atoms with Crippen LogP contribution in [-0.4, -0.2) is 51.3 Å². The number of aryl methyl sites for hydroxylation is 1. The smallest absolute Gasteiger partial charge is 0.305 e. The molecule has 1 aliphatic heterocycles. The summed E-state index contributed by atoms with van der Waals surface area (Å²) in [5.74, 6) is -0.768. The second-order valence-corrected chi connectivity index (χ2v) is 5.35. The molecule has 0 aliphatic carbocycles. The maximum absolute atomic E-state index is 11.9. The van der Waals surface area contributed by atoms with Gasteiger partial charge in [0.05, 0.1) is 25.2 Å². The van der Waals surface area contributed by atoms with Crippen LogP contribution in [0.1, 0.15) is 31.2 Å². The summed E-state index contributed by atoms with van der Waals surface area (Å²) in [5.41, 5.74) is 1.01. The second-order valence-electron chi connectivity index (χ2n) is 5.35. The van der Waals surface area contributed by atoms with E-state index in [1.165, 1.54) is 0 Å². The number of carboxylic acid groups (broad SMARTS) is 1. The molecule has 1 aromatic heterocycles. The Labute approximate surface area is 123 Å². The van der Waals surface area contributed by atoms with Crippen LogP contribution in [0.25, 0.3) is 0 Å². The molecule has 2 heterocycles. The Hall–Kier alpha value is -1.89. The summed E-state index contributed by atoms with van der Waals surface area (Å²) in [5, 5.41) is 15.6. The van der Waals surface area contributed by atoms with E-state index in [2.05, 4.69) is 15.3 Å². The van der Waals surface area contributed by atoms with Crippen LogP contribution in [0.4, 0.5) is 0 Å². The number of hydrogen-bond donors (Lipinski definition) is 2. The number of piperidine rings is 1. The van der Waals surface area contributed by atoms with Gasteiger partial charge in [0.1, 0.15) is 0 Å². The molecule has 0 aromatic carbocycles. The predicted octanol–water partition coefficient (Wildman–Crippen LogP) is 0.458. The van der Waals surface area contributed by atoms with Crippen LogP contribution >= 0.6 is 0 Å². The van der Waals surface area contributed by atoms with E-state index in [1.807, 2.05) is 6.20 Å². The summed E-state index contributed by atoms with van der Waals surface area (Å²) in [6.07, 6.45) is 6.72. The van der Waals surface area contributed by atoms with Gasteiger partial charge in [0.2, 0.25) is 5.91 Å². The first-order valence-electron chi connectivity index (χ1n) is 7.29. The molecule has 2 rings (SSSR count). The van der Waals surface area contributed by atoms with Crippen molar-refractivity contribution in [3.8, 4) is 0 Å². The van der Waals surface area contributed by atoms with Crippen LogP contribution in [0.2, 0.25) is 0 Å². The van der Waals surface area contributed by atoms with Gasteiger partial charge in [0.15, 0.2) is 0 Å². The molecular weight excluding hydrogens is 272 g/mol. The average Bonchev–Trinajstić information content (AvgIpc) is 2.92. The molecule has 1 aromatic rings. The molecule has 21 heavy (non-hydrogen) atoms. The highest BCUT2D eigenvalue weighted by molar-refractivity contribution is 5.81. The summed E-state index contributed by atoms with van der Waals surface area (Å²) >= 11 is 0. The third kappa shape index (κ3) is 4.29. The number of hydrogen-bond acceptors (Lipinski definition) is 4. The Kier molecular flexibility index (Phi) is 5.32. The highest BCUT2D eigenvalue weighted by Gasteiger charge is 2.28. The summed E-state index contributed by atoms with van der Waals surface area (Å²) in [6.45, 7) is 1.94. The topological polar surface area (TPSA) is 87.5 Å². The van der Waals surface area contributed by atoms with Crippen molar-refractivity contribution in [2.24, 2.45) is 0 Å². The van der Waals surface area contributed by atoms with Crippen molar-refractivity contribution >= 4 is 11.9 Å². The highest BCUT2D eigenvalue weighted by atomic mass is 16.4. The zero-order valence-electron chi connectivity index (χ0n) is 12.3. The number of likely N-dealkylation sites (tertiary alicyclic amines) is 1. The van der Waals surface area contributed by atoms with E-state index >= 15 is 0 Å². The maximum Gasteiger partial charge on any atom is 0.305 e. The zero-order valence-corrected chi connectivity index (χ0v) is 12.3. The van der Waals surface area contributed by atoms with Gasteiger partial charge in [0.25, 0.3) is 0 Å². The minimum absolute atomic E-state index is 0.0612. The largest absolute Gasteiger partial charge is 0.481 e. The lowest BCUT2D eigenvalue weighted by Gasteiger charge is -2.33. The number of carbonyl (C=O) groups excluding carboxylic acids is 1. The second kappa shape index (κ2) is 7.21. The van der Waals surface area contributed by atoms with Crippen molar-refractivity contribution in [1.29, 1.82) is 0 Å². The van der Waals surface area contributed by atoms with Crippen LogP contribution in [0.5, 0.6) is 0 Å². The monoisotopic (exact) mass is 294 g/mol. The molecule has 7 nitrogen and oxygen atoms in total. The van der Waals surface area contributed by atoms with Gasteiger partial charge in [-0.05, 0) is 19.4 Å². The molecule has 1 saturated heterocycles. The number of amides is 1. The van der Waals surface area contributed by atoms with E-state index in [0.717, 1.165) is 31.4 Å². The van der Waals surface area contributed by atoms with E-state index in [0.29, 0.717) is 13.1 Å². The number of carboxylic acids is 1. The number of rotatable bonds is 6. The van der Waals surface area contributed by atoms with Crippen LogP contribution < -0.4 is 5.32 Å². The van der Waals surface area contributed by atoms with E-state index in [1.54, 1.807) is 17.9 Å². The molecular formula is C14H22N4O3. The minimum atomic E-state index is -0.831. The Balaban J connectivity index is 1.95. The standard InChI is InChI=1S/C14H22N4O3/c1-15-14(21)12-4-2-3-6-17(12)9-11-8-16-18(10-11)7-5-13(19)20/h8,10,12H,2-7,9H2,1H3,(H,15,21)(H,19,20). The normalized spacial score (nSPS) is 19.4. The lowest BCUT2D eigenvalue weighted by atomic mass is 10.0. The molecule has 0 radical (unpaired) electrons. The first-order valence-corrected chi connectivity index (χ1v) is 7.29. The van der Waals surface area contributed by atoms with Gasteiger partial charge in [0, 0.05) is 25.4 Å². The lowest BCUT2D eigenvalue weighted by Crippen LogP contribution is -2.48. The fourth-order valence-corrected chi connectivity index (χ4v) is 2.70. The van der Waals surface area contributed by atoms with E-state index in [-0.39, 0.29) is 18.4 Å². The number of aliphatic carboxylic acids is 1. The summed E-state index contributed by atoms with van der Waals surface area (Å²) in [6, 6.07) is -0.0777. The van der Waals surface area contributed by atoms with Gasteiger partial charge >= 0.3 is 5.97 Å². The molecule has 1 unspecified atom stereocenters. The van der Waals surface area contributed by atoms with Gasteiger partial charge in [-0.15, -0.1) is 0 Å². The van der Waals surface area contributed by atoms with Gasteiger partial charge in [-0.25, -0.2) is 0 Å². The van der Waals surface area contributed by atoms with Gasteiger partial charge in [-0.1, -0.05) is 6.42 Å². The molecule has 2 N–H and O–H groups in total. The van der Waals surface area contributed by atoms with Crippen molar-refractivity contribution < 1.29 is 14.7 Å². The Morgan fingerprint density at radius 3 is 3.00 bits per heavy atom. The third-order valence-electron chi connectivity index (χ3n) is 3.79. The van der Waals surface area contributed by atoms with Crippen LogP contribution in [0.3, 0.4) is 0 Å². The van der Waals surface area contributed by atoms with Gasteiger partial charge < -0.3 is 10.4 Å². The van der Waals surface area contributed by atoms with Crippen molar-refractivity contribution in [3.05, 3.63) is 18.0 Å². The van der Waals surface area contributed by atoms with Gasteiger partial charge in [-0.2, -0.15) is 5.10 Å². The van der Waals surface area contributed by atoms with Crippen molar-refractivity contribution in [2.75, 3.05) is 13.6 Å².